The lowest BCUT2D eigenvalue weighted by atomic mass is 9.86. The van der Waals surface area contributed by atoms with Crippen molar-refractivity contribution in [2.75, 3.05) is 29.9 Å². The standard InChI is InChI=1S/C24H33N7O3S2/c1-16-12-21(30(2)29-16)31-11-5-6-17(14-31)27-23-28-19-8-7-18(13-20(19)35-23)36(33,34)26-15-24(22(25)32)9-3-4-10-24/h7-8,12-13,17,26H,3-6,9-11,14-15H2,1-2H3,(H2,25,32)(H,27,28). The molecule has 12 heteroatoms. The quantitative estimate of drug-likeness (QED) is 0.407. The number of nitrogens with zero attached hydrogens (tertiary/aromatic N) is 4. The normalized spacial score (nSPS) is 20.2. The molecule has 0 spiro atoms. The van der Waals surface area contributed by atoms with Crippen LogP contribution in [0.25, 0.3) is 10.2 Å². The summed E-state index contributed by atoms with van der Waals surface area (Å²) < 4.78 is 31.4. The van der Waals surface area contributed by atoms with Crippen molar-refractivity contribution in [3.63, 3.8) is 0 Å². The molecule has 0 bridgehead atoms. The van der Waals surface area contributed by atoms with Crippen LogP contribution in [0.5, 0.6) is 0 Å². The summed E-state index contributed by atoms with van der Waals surface area (Å²) in [6, 6.07) is 7.28. The molecule has 2 aromatic heterocycles. The van der Waals surface area contributed by atoms with Crippen molar-refractivity contribution in [2.24, 2.45) is 18.2 Å². The Balaban J connectivity index is 1.28. The molecule has 4 N–H and O–H groups in total. The molecule has 1 aliphatic carbocycles. The summed E-state index contributed by atoms with van der Waals surface area (Å²) >= 11 is 1.45. The number of nitrogens with one attached hydrogen (secondary N) is 2. The van der Waals surface area contributed by atoms with Gasteiger partial charge in [-0.25, -0.2) is 18.1 Å². The number of rotatable bonds is 8. The van der Waals surface area contributed by atoms with Crippen LogP contribution in [-0.2, 0) is 21.9 Å². The van der Waals surface area contributed by atoms with Crippen LogP contribution < -0.4 is 20.7 Å². The molecule has 1 aliphatic heterocycles. The van der Waals surface area contributed by atoms with Gasteiger partial charge in [0.15, 0.2) is 5.13 Å². The van der Waals surface area contributed by atoms with E-state index in [-0.39, 0.29) is 17.5 Å². The maximum absolute atomic E-state index is 13.0. The molecule has 2 fully saturated rings. The van der Waals surface area contributed by atoms with E-state index in [1.807, 2.05) is 18.7 Å². The van der Waals surface area contributed by atoms with Gasteiger partial charge < -0.3 is 16.0 Å². The van der Waals surface area contributed by atoms with E-state index in [2.05, 4.69) is 31.1 Å². The average Bonchev–Trinajstić information content (AvgIpc) is 3.56. The van der Waals surface area contributed by atoms with E-state index in [1.54, 1.807) is 18.2 Å². The molecule has 36 heavy (non-hydrogen) atoms. The van der Waals surface area contributed by atoms with E-state index in [4.69, 9.17) is 5.73 Å². The molecule has 1 unspecified atom stereocenters. The van der Waals surface area contributed by atoms with Crippen LogP contribution in [0.15, 0.2) is 29.2 Å². The number of nitrogens with two attached hydrogens (primary N) is 1. The first-order valence-corrected chi connectivity index (χ1v) is 14.7. The first kappa shape index (κ1) is 25.0. The minimum absolute atomic E-state index is 0.0343. The van der Waals surface area contributed by atoms with E-state index < -0.39 is 21.3 Å². The van der Waals surface area contributed by atoms with Gasteiger partial charge in [-0.05, 0) is 50.8 Å². The summed E-state index contributed by atoms with van der Waals surface area (Å²) in [6.45, 7) is 3.87. The highest BCUT2D eigenvalue weighted by atomic mass is 32.2. The SMILES string of the molecule is Cc1cc(N2CCCC(Nc3nc4ccc(S(=O)(=O)NCC5(C(N)=O)CCCC5)cc4s3)C2)n(C)n1. The van der Waals surface area contributed by atoms with Crippen LogP contribution in [-0.4, -0.2) is 54.8 Å². The van der Waals surface area contributed by atoms with Gasteiger partial charge >= 0.3 is 0 Å². The Morgan fingerprint density at radius 1 is 1.25 bits per heavy atom. The summed E-state index contributed by atoms with van der Waals surface area (Å²) in [7, 11) is -1.82. The third-order valence-corrected chi connectivity index (χ3v) is 9.75. The zero-order chi connectivity index (χ0) is 25.5. The molecule has 1 atom stereocenters. The van der Waals surface area contributed by atoms with E-state index >= 15 is 0 Å². The lowest BCUT2D eigenvalue weighted by Crippen LogP contribution is -2.44. The zero-order valence-corrected chi connectivity index (χ0v) is 22.3. The molecular formula is C24H33N7O3S2. The lowest BCUT2D eigenvalue weighted by Gasteiger charge is -2.34. The van der Waals surface area contributed by atoms with Crippen molar-refractivity contribution in [2.45, 2.75) is 56.4 Å². The fraction of sp³-hybridized carbons (Fsp3) is 0.542. The summed E-state index contributed by atoms with van der Waals surface area (Å²) in [5.41, 5.74) is 6.57. The second kappa shape index (κ2) is 9.64. The Kier molecular flexibility index (Phi) is 6.69. The van der Waals surface area contributed by atoms with Gasteiger partial charge in [-0.2, -0.15) is 5.10 Å². The van der Waals surface area contributed by atoms with Gasteiger partial charge in [-0.1, -0.05) is 24.2 Å². The van der Waals surface area contributed by atoms with Crippen LogP contribution in [0.4, 0.5) is 10.9 Å². The highest BCUT2D eigenvalue weighted by molar-refractivity contribution is 7.89. The molecule has 1 aromatic carbocycles. The highest BCUT2D eigenvalue weighted by Crippen LogP contribution is 2.37. The predicted molar refractivity (Wildman–Crippen MR) is 142 cm³/mol. The van der Waals surface area contributed by atoms with Crippen molar-refractivity contribution in [1.82, 2.24) is 19.5 Å². The minimum Gasteiger partial charge on any atom is -0.369 e. The van der Waals surface area contributed by atoms with Gasteiger partial charge in [0.2, 0.25) is 15.9 Å². The fourth-order valence-electron chi connectivity index (χ4n) is 5.38. The van der Waals surface area contributed by atoms with Gasteiger partial charge in [0.05, 0.1) is 26.2 Å². The molecule has 194 valence electrons. The Morgan fingerprint density at radius 2 is 2.03 bits per heavy atom. The maximum atomic E-state index is 13.0. The van der Waals surface area contributed by atoms with Crippen LogP contribution in [0.1, 0.15) is 44.2 Å². The summed E-state index contributed by atoms with van der Waals surface area (Å²) in [6.07, 6.45) is 5.10. The van der Waals surface area contributed by atoms with Gasteiger partial charge in [-0.15, -0.1) is 0 Å². The smallest absolute Gasteiger partial charge is 0.240 e. The van der Waals surface area contributed by atoms with E-state index in [0.717, 1.165) is 65.6 Å². The van der Waals surface area contributed by atoms with Crippen LogP contribution in [0.3, 0.4) is 0 Å². The summed E-state index contributed by atoms with van der Waals surface area (Å²) in [5, 5.41) is 8.80. The van der Waals surface area contributed by atoms with Gasteiger partial charge in [0.1, 0.15) is 5.82 Å². The van der Waals surface area contributed by atoms with Crippen LogP contribution >= 0.6 is 11.3 Å². The van der Waals surface area contributed by atoms with E-state index in [9.17, 15) is 13.2 Å². The topological polar surface area (TPSA) is 135 Å². The van der Waals surface area contributed by atoms with Crippen LogP contribution in [0, 0.1) is 12.3 Å². The molecule has 5 rings (SSSR count). The Bertz CT molecular complexity index is 1380. The molecule has 1 saturated heterocycles. The van der Waals surface area contributed by atoms with Gasteiger partial charge in [0, 0.05) is 38.8 Å². The number of hydrogen-bond acceptors (Lipinski definition) is 8. The summed E-state index contributed by atoms with van der Waals surface area (Å²) in [4.78, 5) is 19.2. The number of carbonyl (C=O) groups is 1. The molecule has 0 radical (unpaired) electrons. The molecule has 2 aliphatic rings. The van der Waals surface area contributed by atoms with Crippen molar-refractivity contribution >= 4 is 48.4 Å². The number of sulfonamides is 1. The molecule has 3 aromatic rings. The number of hydrogen-bond donors (Lipinski definition) is 3. The fourth-order valence-corrected chi connectivity index (χ4v) is 7.59. The van der Waals surface area contributed by atoms with Crippen molar-refractivity contribution < 1.29 is 13.2 Å². The zero-order valence-electron chi connectivity index (χ0n) is 20.7. The highest BCUT2D eigenvalue weighted by Gasteiger charge is 2.40. The lowest BCUT2D eigenvalue weighted by molar-refractivity contribution is -0.127. The molecule has 10 nitrogen and oxygen atoms in total. The number of carbonyl (C=O) groups excluding carboxylic acids is 1. The predicted octanol–water partition coefficient (Wildman–Crippen LogP) is 2.74. The Labute approximate surface area is 215 Å². The van der Waals surface area contributed by atoms with Gasteiger partial charge in [-0.3, -0.25) is 9.48 Å². The monoisotopic (exact) mass is 531 g/mol. The van der Waals surface area contributed by atoms with Crippen LogP contribution in [0.2, 0.25) is 0 Å². The largest absolute Gasteiger partial charge is 0.369 e. The van der Waals surface area contributed by atoms with Crippen molar-refractivity contribution in [3.8, 4) is 0 Å². The summed E-state index contributed by atoms with van der Waals surface area (Å²) in [5.74, 6) is 0.678. The molecular weight excluding hydrogens is 498 g/mol. The average molecular weight is 532 g/mol. The minimum atomic E-state index is -3.78. The van der Waals surface area contributed by atoms with E-state index in [1.165, 1.54) is 11.3 Å². The Hall–Kier alpha value is -2.70. The number of primary amides is 1. The second-order valence-corrected chi connectivity index (χ2v) is 12.8. The van der Waals surface area contributed by atoms with Crippen molar-refractivity contribution in [1.29, 1.82) is 0 Å². The number of fused-ring (bicyclic) bond motifs is 1. The molecule has 1 saturated carbocycles. The number of benzene rings is 1. The first-order valence-electron chi connectivity index (χ1n) is 12.4. The maximum Gasteiger partial charge on any atom is 0.240 e. The molecule has 1 amide bonds. The molecule has 3 heterocycles. The number of piperidine rings is 1. The third-order valence-electron chi connectivity index (χ3n) is 7.40. The number of aromatic nitrogens is 3. The second-order valence-electron chi connectivity index (χ2n) is 10.0. The first-order chi connectivity index (χ1) is 17.1. The van der Waals surface area contributed by atoms with E-state index in [0.29, 0.717) is 12.8 Å². The number of amides is 1. The number of thiazole rings is 1. The third kappa shape index (κ3) is 4.94. The Morgan fingerprint density at radius 3 is 2.72 bits per heavy atom. The van der Waals surface area contributed by atoms with Gasteiger partial charge in [0.25, 0.3) is 0 Å². The van der Waals surface area contributed by atoms with Crippen molar-refractivity contribution in [3.05, 3.63) is 30.0 Å². The number of anilines is 2. The number of aryl methyl sites for hydroxylation is 2.